The molecule has 90 valence electrons. The van der Waals surface area contributed by atoms with E-state index in [1.807, 2.05) is 0 Å². The second-order valence-corrected chi connectivity index (χ2v) is 3.72. The van der Waals surface area contributed by atoms with Gasteiger partial charge >= 0.3 is 5.88 Å². The summed E-state index contributed by atoms with van der Waals surface area (Å²) in [4.78, 5) is 10.1. The van der Waals surface area contributed by atoms with Crippen LogP contribution < -0.4 is 4.74 Å². The molecule has 0 aliphatic rings. The van der Waals surface area contributed by atoms with Gasteiger partial charge in [0.05, 0.1) is 12.7 Å². The Morgan fingerprint density at radius 2 is 2.29 bits per heavy atom. The van der Waals surface area contributed by atoms with E-state index in [2.05, 4.69) is 6.92 Å². The highest BCUT2D eigenvalue weighted by Gasteiger charge is 2.16. The molecule has 0 aliphatic carbocycles. The van der Waals surface area contributed by atoms with Crippen LogP contribution in [0.5, 0.6) is 5.75 Å². The Hall–Kier alpha value is -2.04. The van der Waals surface area contributed by atoms with Crippen LogP contribution in [0, 0.1) is 10.1 Å². The van der Waals surface area contributed by atoms with Crippen molar-refractivity contribution in [2.24, 2.45) is 0 Å². The summed E-state index contributed by atoms with van der Waals surface area (Å²) in [5.74, 6) is 0.301. The normalized spacial score (nSPS) is 10.6. The van der Waals surface area contributed by atoms with Crippen LogP contribution in [-0.2, 0) is 0 Å². The summed E-state index contributed by atoms with van der Waals surface area (Å²) in [5, 5.41) is 11.3. The maximum Gasteiger partial charge on any atom is 0.434 e. The first kappa shape index (κ1) is 11.4. The number of furan rings is 1. The van der Waals surface area contributed by atoms with Crippen molar-refractivity contribution in [1.29, 1.82) is 0 Å². The molecule has 0 spiro atoms. The highest BCUT2D eigenvalue weighted by Crippen LogP contribution is 2.31. The zero-order chi connectivity index (χ0) is 12.3. The lowest BCUT2D eigenvalue weighted by Crippen LogP contribution is -1.96. The number of nitrogens with zero attached hydrogens (tertiary/aromatic N) is 1. The average molecular weight is 235 g/mol. The Balaban J connectivity index is 2.32. The largest absolute Gasteiger partial charge is 0.490 e. The van der Waals surface area contributed by atoms with E-state index in [-0.39, 0.29) is 5.88 Å². The van der Waals surface area contributed by atoms with Crippen LogP contribution >= 0.6 is 0 Å². The molecule has 0 saturated carbocycles. The standard InChI is InChI=1S/C12H13NO4/c1-2-3-7-16-10-6-4-5-9-8-11(13(14)15)17-12(9)10/h4-6,8H,2-3,7H2,1H3. The van der Waals surface area contributed by atoms with Crippen molar-refractivity contribution in [2.75, 3.05) is 6.61 Å². The van der Waals surface area contributed by atoms with E-state index in [0.29, 0.717) is 23.3 Å². The highest BCUT2D eigenvalue weighted by molar-refractivity contribution is 5.85. The molecule has 1 heterocycles. The molecule has 0 bridgehead atoms. The van der Waals surface area contributed by atoms with E-state index >= 15 is 0 Å². The predicted molar refractivity (Wildman–Crippen MR) is 63.3 cm³/mol. The van der Waals surface area contributed by atoms with Gasteiger partial charge in [-0.3, -0.25) is 10.1 Å². The van der Waals surface area contributed by atoms with Crippen molar-refractivity contribution in [3.05, 3.63) is 34.4 Å². The SMILES string of the molecule is CCCCOc1cccc2cc([N+](=O)[O-])oc12. The van der Waals surface area contributed by atoms with Crippen LogP contribution in [0.3, 0.4) is 0 Å². The summed E-state index contributed by atoms with van der Waals surface area (Å²) in [6, 6.07) is 6.72. The Morgan fingerprint density at radius 3 is 3.00 bits per heavy atom. The van der Waals surface area contributed by atoms with Gasteiger partial charge in [-0.1, -0.05) is 25.5 Å². The van der Waals surface area contributed by atoms with E-state index in [4.69, 9.17) is 9.15 Å². The van der Waals surface area contributed by atoms with Gasteiger partial charge in [-0.05, 0) is 12.5 Å². The van der Waals surface area contributed by atoms with Gasteiger partial charge in [0.15, 0.2) is 11.3 Å². The van der Waals surface area contributed by atoms with Gasteiger partial charge < -0.3 is 9.15 Å². The zero-order valence-corrected chi connectivity index (χ0v) is 9.51. The molecule has 0 amide bonds. The molecule has 0 radical (unpaired) electrons. The number of nitro groups is 1. The smallest absolute Gasteiger partial charge is 0.434 e. The number of ether oxygens (including phenoxy) is 1. The van der Waals surface area contributed by atoms with Crippen molar-refractivity contribution in [3.63, 3.8) is 0 Å². The van der Waals surface area contributed by atoms with E-state index in [0.717, 1.165) is 12.8 Å². The number of unbranched alkanes of at least 4 members (excludes halogenated alkanes) is 1. The number of hydrogen-bond acceptors (Lipinski definition) is 4. The molecular formula is C12H13NO4. The van der Waals surface area contributed by atoms with Gasteiger partial charge in [0.25, 0.3) is 0 Å². The minimum Gasteiger partial charge on any atom is -0.490 e. The maximum absolute atomic E-state index is 10.6. The number of para-hydroxylation sites is 1. The van der Waals surface area contributed by atoms with E-state index < -0.39 is 4.92 Å². The fourth-order valence-electron chi connectivity index (χ4n) is 1.55. The van der Waals surface area contributed by atoms with Crippen LogP contribution in [0.15, 0.2) is 28.7 Å². The molecule has 1 aromatic heterocycles. The van der Waals surface area contributed by atoms with Gasteiger partial charge in [-0.25, -0.2) is 0 Å². The topological polar surface area (TPSA) is 65.5 Å². The van der Waals surface area contributed by atoms with E-state index in [1.54, 1.807) is 18.2 Å². The number of benzene rings is 1. The highest BCUT2D eigenvalue weighted by atomic mass is 16.6. The van der Waals surface area contributed by atoms with Crippen LogP contribution in [0.1, 0.15) is 19.8 Å². The van der Waals surface area contributed by atoms with Crippen LogP contribution in [0.4, 0.5) is 5.88 Å². The first-order valence-corrected chi connectivity index (χ1v) is 5.52. The molecule has 5 heteroatoms. The third-order valence-corrected chi connectivity index (χ3v) is 2.43. The molecule has 2 aromatic rings. The lowest BCUT2D eigenvalue weighted by atomic mass is 10.2. The fourth-order valence-corrected chi connectivity index (χ4v) is 1.55. The average Bonchev–Trinajstić information content (AvgIpc) is 2.74. The second-order valence-electron chi connectivity index (χ2n) is 3.72. The molecular weight excluding hydrogens is 222 g/mol. The number of rotatable bonds is 5. The van der Waals surface area contributed by atoms with Crippen LogP contribution in [-0.4, -0.2) is 11.5 Å². The van der Waals surface area contributed by atoms with Gasteiger partial charge in [-0.15, -0.1) is 0 Å². The van der Waals surface area contributed by atoms with Gasteiger partial charge in [0.2, 0.25) is 0 Å². The van der Waals surface area contributed by atoms with Crippen LogP contribution in [0.25, 0.3) is 11.0 Å². The van der Waals surface area contributed by atoms with Gasteiger partial charge in [0.1, 0.15) is 4.92 Å². The number of hydrogen-bond donors (Lipinski definition) is 0. The summed E-state index contributed by atoms with van der Waals surface area (Å²) in [7, 11) is 0. The summed E-state index contributed by atoms with van der Waals surface area (Å²) in [6.07, 6.45) is 1.98. The van der Waals surface area contributed by atoms with Crippen molar-refractivity contribution in [2.45, 2.75) is 19.8 Å². The molecule has 0 N–H and O–H groups in total. The Bertz CT molecular complexity index is 532. The third-order valence-electron chi connectivity index (χ3n) is 2.43. The first-order chi connectivity index (χ1) is 8.22. The zero-order valence-electron chi connectivity index (χ0n) is 9.51. The Kier molecular flexibility index (Phi) is 3.27. The molecule has 5 nitrogen and oxygen atoms in total. The molecule has 17 heavy (non-hydrogen) atoms. The molecule has 0 fully saturated rings. The first-order valence-electron chi connectivity index (χ1n) is 5.52. The van der Waals surface area contributed by atoms with Crippen molar-refractivity contribution >= 4 is 16.9 Å². The van der Waals surface area contributed by atoms with Crippen molar-refractivity contribution in [1.82, 2.24) is 0 Å². The lowest BCUT2D eigenvalue weighted by Gasteiger charge is -2.04. The maximum atomic E-state index is 10.6. The molecule has 2 rings (SSSR count). The van der Waals surface area contributed by atoms with Crippen molar-refractivity contribution in [3.8, 4) is 5.75 Å². The molecule has 0 unspecified atom stereocenters. The lowest BCUT2D eigenvalue weighted by molar-refractivity contribution is -0.401. The number of fused-ring (bicyclic) bond motifs is 1. The Morgan fingerprint density at radius 1 is 1.47 bits per heavy atom. The Labute approximate surface area is 98.1 Å². The predicted octanol–water partition coefficient (Wildman–Crippen LogP) is 3.52. The second kappa shape index (κ2) is 4.86. The van der Waals surface area contributed by atoms with E-state index in [9.17, 15) is 10.1 Å². The summed E-state index contributed by atoms with van der Waals surface area (Å²) >= 11 is 0. The molecule has 0 aliphatic heterocycles. The monoisotopic (exact) mass is 235 g/mol. The summed E-state index contributed by atoms with van der Waals surface area (Å²) in [6.45, 7) is 2.66. The third kappa shape index (κ3) is 2.38. The van der Waals surface area contributed by atoms with Gasteiger partial charge in [0, 0.05) is 5.39 Å². The van der Waals surface area contributed by atoms with E-state index in [1.165, 1.54) is 6.07 Å². The summed E-state index contributed by atoms with van der Waals surface area (Å²) < 4.78 is 10.7. The molecule has 0 atom stereocenters. The minimum absolute atomic E-state index is 0.258. The molecule has 1 aromatic carbocycles. The minimum atomic E-state index is -0.546. The van der Waals surface area contributed by atoms with Crippen LogP contribution in [0.2, 0.25) is 0 Å². The quantitative estimate of drug-likeness (QED) is 0.451. The fraction of sp³-hybridized carbons (Fsp3) is 0.333. The van der Waals surface area contributed by atoms with Gasteiger partial charge in [-0.2, -0.15) is 0 Å². The summed E-state index contributed by atoms with van der Waals surface area (Å²) in [5.41, 5.74) is 0.440. The van der Waals surface area contributed by atoms with Crippen molar-refractivity contribution < 1.29 is 14.1 Å². The molecule has 0 saturated heterocycles.